The maximum Gasteiger partial charge on any atom is 0.345 e. The molecule has 1 aliphatic rings. The first-order chi connectivity index (χ1) is 6.18. The zero-order valence-corrected chi connectivity index (χ0v) is 8.24. The van der Waals surface area contributed by atoms with Gasteiger partial charge < -0.3 is 9.84 Å². The maximum atomic E-state index is 10.6. The molecule has 0 aromatic heterocycles. The lowest BCUT2D eigenvalue weighted by molar-refractivity contribution is -0.144. The van der Waals surface area contributed by atoms with E-state index < -0.39 is 12.1 Å². The highest BCUT2D eigenvalue weighted by Gasteiger charge is 2.29. The van der Waals surface area contributed by atoms with Crippen molar-refractivity contribution in [3.63, 3.8) is 0 Å². The van der Waals surface area contributed by atoms with Crippen molar-refractivity contribution in [2.24, 2.45) is 0 Å². The van der Waals surface area contributed by atoms with Gasteiger partial charge in [0, 0.05) is 16.5 Å². The minimum atomic E-state index is -0.914. The second kappa shape index (κ2) is 3.03. The molecule has 1 heterocycles. The summed E-state index contributed by atoms with van der Waals surface area (Å²) < 4.78 is 6.13. The number of benzene rings is 1. The second-order valence-corrected chi connectivity index (χ2v) is 3.72. The molecular formula is C9H7BrO3. The smallest absolute Gasteiger partial charge is 0.345 e. The Bertz CT molecular complexity index is 362. The van der Waals surface area contributed by atoms with Crippen molar-refractivity contribution in [1.29, 1.82) is 0 Å². The Kier molecular flexibility index (Phi) is 2.00. The highest BCUT2D eigenvalue weighted by molar-refractivity contribution is 9.10. The Morgan fingerprint density at radius 3 is 3.00 bits per heavy atom. The summed E-state index contributed by atoms with van der Waals surface area (Å²) in [6, 6.07) is 5.49. The van der Waals surface area contributed by atoms with Crippen LogP contribution in [0.1, 0.15) is 5.56 Å². The zero-order chi connectivity index (χ0) is 9.42. The van der Waals surface area contributed by atoms with E-state index in [1.54, 1.807) is 6.07 Å². The average molecular weight is 243 g/mol. The van der Waals surface area contributed by atoms with Gasteiger partial charge in [-0.3, -0.25) is 0 Å². The van der Waals surface area contributed by atoms with E-state index in [-0.39, 0.29) is 0 Å². The first-order valence-electron chi connectivity index (χ1n) is 3.85. The summed E-state index contributed by atoms with van der Waals surface area (Å²) in [7, 11) is 0. The van der Waals surface area contributed by atoms with Crippen LogP contribution >= 0.6 is 15.9 Å². The minimum absolute atomic E-state index is 0.437. The number of ether oxygens (including phenoxy) is 1. The van der Waals surface area contributed by atoms with Gasteiger partial charge in [-0.15, -0.1) is 0 Å². The predicted octanol–water partition coefficient (Wildman–Crippen LogP) is 1.84. The molecule has 1 atom stereocenters. The van der Waals surface area contributed by atoms with Gasteiger partial charge in [-0.2, -0.15) is 0 Å². The third-order valence-electron chi connectivity index (χ3n) is 2.01. The summed E-state index contributed by atoms with van der Waals surface area (Å²) in [5.41, 5.74) is 0.940. The van der Waals surface area contributed by atoms with Crippen molar-refractivity contribution >= 4 is 21.9 Å². The quantitative estimate of drug-likeness (QED) is 0.818. The molecule has 1 aliphatic heterocycles. The number of rotatable bonds is 1. The molecule has 0 amide bonds. The standard InChI is InChI=1S/C9H7BrO3/c10-6-2-1-3-7-5(6)4-8(13-7)9(11)12/h1-3,8H,4H2,(H,11,12). The van der Waals surface area contributed by atoms with Crippen LogP contribution in [0.5, 0.6) is 5.75 Å². The molecule has 1 unspecified atom stereocenters. The minimum Gasteiger partial charge on any atom is -0.478 e. The van der Waals surface area contributed by atoms with E-state index in [9.17, 15) is 4.79 Å². The maximum absolute atomic E-state index is 10.6. The molecule has 3 nitrogen and oxygen atoms in total. The van der Waals surface area contributed by atoms with Gasteiger partial charge in [-0.1, -0.05) is 22.0 Å². The van der Waals surface area contributed by atoms with Crippen LogP contribution in [0.3, 0.4) is 0 Å². The third kappa shape index (κ3) is 1.42. The normalized spacial score (nSPS) is 19.3. The predicted molar refractivity (Wildman–Crippen MR) is 49.9 cm³/mol. The molecule has 0 radical (unpaired) electrons. The molecule has 4 heteroatoms. The van der Waals surface area contributed by atoms with Crippen molar-refractivity contribution in [3.8, 4) is 5.75 Å². The Balaban J connectivity index is 2.35. The molecule has 0 saturated carbocycles. The van der Waals surface area contributed by atoms with Gasteiger partial charge >= 0.3 is 5.97 Å². The van der Waals surface area contributed by atoms with Crippen LogP contribution in [0.15, 0.2) is 22.7 Å². The van der Waals surface area contributed by atoms with Crippen molar-refractivity contribution in [2.45, 2.75) is 12.5 Å². The topological polar surface area (TPSA) is 46.5 Å². The number of carboxylic acid groups (broad SMARTS) is 1. The molecule has 68 valence electrons. The fourth-order valence-electron chi connectivity index (χ4n) is 1.37. The van der Waals surface area contributed by atoms with Crippen molar-refractivity contribution in [1.82, 2.24) is 0 Å². The number of halogens is 1. The van der Waals surface area contributed by atoms with Crippen molar-refractivity contribution in [3.05, 3.63) is 28.2 Å². The lowest BCUT2D eigenvalue weighted by Gasteiger charge is -2.02. The van der Waals surface area contributed by atoms with Crippen molar-refractivity contribution < 1.29 is 14.6 Å². The lowest BCUT2D eigenvalue weighted by atomic mass is 10.1. The van der Waals surface area contributed by atoms with Crippen LogP contribution in [0, 0.1) is 0 Å². The van der Waals surface area contributed by atoms with Gasteiger partial charge in [0.2, 0.25) is 0 Å². The first-order valence-corrected chi connectivity index (χ1v) is 4.64. The number of hydrogen-bond donors (Lipinski definition) is 1. The first kappa shape index (κ1) is 8.56. The van der Waals surface area contributed by atoms with Crippen LogP contribution in [0.4, 0.5) is 0 Å². The number of aliphatic carboxylic acids is 1. The van der Waals surface area contributed by atoms with E-state index in [0.717, 1.165) is 10.0 Å². The third-order valence-corrected chi connectivity index (χ3v) is 2.75. The Morgan fingerprint density at radius 2 is 2.38 bits per heavy atom. The van der Waals surface area contributed by atoms with Gasteiger partial charge in [-0.05, 0) is 12.1 Å². The molecule has 1 aromatic carbocycles. The van der Waals surface area contributed by atoms with E-state index in [1.165, 1.54) is 0 Å². The molecule has 0 aliphatic carbocycles. The van der Waals surface area contributed by atoms with Gasteiger partial charge in [0.1, 0.15) is 5.75 Å². The van der Waals surface area contributed by atoms with Gasteiger partial charge in [-0.25, -0.2) is 4.79 Å². The fraction of sp³-hybridized carbons (Fsp3) is 0.222. The number of fused-ring (bicyclic) bond motifs is 1. The van der Waals surface area contributed by atoms with E-state index in [0.29, 0.717) is 12.2 Å². The molecule has 2 rings (SSSR count). The molecule has 0 saturated heterocycles. The van der Waals surface area contributed by atoms with Crippen LogP contribution in [0.2, 0.25) is 0 Å². The van der Waals surface area contributed by atoms with E-state index in [2.05, 4.69) is 15.9 Å². The summed E-state index contributed by atoms with van der Waals surface area (Å²) in [4.78, 5) is 10.6. The average Bonchev–Trinajstić information content (AvgIpc) is 2.49. The fourth-order valence-corrected chi connectivity index (χ4v) is 1.88. The Hall–Kier alpha value is -1.03. The van der Waals surface area contributed by atoms with E-state index in [1.807, 2.05) is 12.1 Å². The largest absolute Gasteiger partial charge is 0.478 e. The Morgan fingerprint density at radius 1 is 1.62 bits per heavy atom. The van der Waals surface area contributed by atoms with Gasteiger partial charge in [0.15, 0.2) is 6.10 Å². The molecule has 1 N–H and O–H groups in total. The van der Waals surface area contributed by atoms with Crippen LogP contribution < -0.4 is 4.74 Å². The molecular weight excluding hydrogens is 236 g/mol. The molecule has 0 bridgehead atoms. The highest BCUT2D eigenvalue weighted by Crippen LogP contribution is 2.34. The summed E-state index contributed by atoms with van der Waals surface area (Å²) in [5.74, 6) is -0.245. The monoisotopic (exact) mass is 242 g/mol. The molecule has 0 fully saturated rings. The second-order valence-electron chi connectivity index (χ2n) is 2.87. The van der Waals surface area contributed by atoms with Crippen LogP contribution in [-0.4, -0.2) is 17.2 Å². The zero-order valence-electron chi connectivity index (χ0n) is 6.66. The number of carboxylic acids is 1. The number of hydrogen-bond acceptors (Lipinski definition) is 2. The summed E-state index contributed by atoms with van der Waals surface area (Å²) >= 11 is 3.35. The van der Waals surface area contributed by atoms with E-state index >= 15 is 0 Å². The van der Waals surface area contributed by atoms with Crippen LogP contribution in [-0.2, 0) is 11.2 Å². The van der Waals surface area contributed by atoms with Gasteiger partial charge in [0.05, 0.1) is 0 Å². The van der Waals surface area contributed by atoms with Gasteiger partial charge in [0.25, 0.3) is 0 Å². The number of carbonyl (C=O) groups is 1. The summed E-state index contributed by atoms with van der Waals surface area (Å²) in [6.45, 7) is 0. The van der Waals surface area contributed by atoms with E-state index in [4.69, 9.17) is 9.84 Å². The highest BCUT2D eigenvalue weighted by atomic mass is 79.9. The molecule has 0 spiro atoms. The summed E-state index contributed by atoms with van der Waals surface area (Å²) in [6.07, 6.45) is -0.291. The van der Waals surface area contributed by atoms with Crippen molar-refractivity contribution in [2.75, 3.05) is 0 Å². The van der Waals surface area contributed by atoms with Crippen LogP contribution in [0.25, 0.3) is 0 Å². The SMILES string of the molecule is O=C(O)C1Cc2c(Br)cccc2O1. The lowest BCUT2D eigenvalue weighted by Crippen LogP contribution is -2.24. The summed E-state index contributed by atoms with van der Waals surface area (Å²) in [5, 5.41) is 8.74. The molecule has 13 heavy (non-hydrogen) atoms. The Labute approximate surface area is 83.5 Å². The molecule has 1 aromatic rings.